The largest absolute Gasteiger partial charge is 0.368 e. The second-order valence-corrected chi connectivity index (χ2v) is 3.95. The Bertz CT molecular complexity index is 369. The lowest BCUT2D eigenvalue weighted by Crippen LogP contribution is -2.31. The predicted molar refractivity (Wildman–Crippen MR) is 61.6 cm³/mol. The van der Waals surface area contributed by atoms with E-state index in [2.05, 4.69) is 25.9 Å². The fraction of sp³-hybridized carbons (Fsp3) is 0.444. The van der Waals surface area contributed by atoms with Gasteiger partial charge < -0.3 is 10.6 Å². The minimum atomic E-state index is -0.384. The van der Waals surface area contributed by atoms with Crippen LogP contribution in [0.2, 0.25) is 0 Å². The lowest BCUT2D eigenvalue weighted by Gasteiger charge is -2.16. The Morgan fingerprint density at radius 2 is 2.27 bits per heavy atom. The van der Waals surface area contributed by atoms with E-state index in [4.69, 9.17) is 5.73 Å². The van der Waals surface area contributed by atoms with Crippen LogP contribution < -0.4 is 10.6 Å². The molecular weight excluding hydrogens is 260 g/mol. The van der Waals surface area contributed by atoms with Crippen LogP contribution in [0.4, 0.5) is 5.82 Å². The van der Waals surface area contributed by atoms with E-state index in [9.17, 15) is 4.79 Å². The highest BCUT2D eigenvalue weighted by molar-refractivity contribution is 9.10. The SMILES string of the molecule is CCc1nc(Br)cc(N(C)CC(N)=O)n1. The van der Waals surface area contributed by atoms with Crippen molar-refractivity contribution in [1.29, 1.82) is 0 Å². The summed E-state index contributed by atoms with van der Waals surface area (Å²) in [5, 5.41) is 0. The van der Waals surface area contributed by atoms with E-state index in [0.717, 1.165) is 12.2 Å². The van der Waals surface area contributed by atoms with Crippen molar-refractivity contribution in [3.05, 3.63) is 16.5 Å². The number of aryl methyl sites for hydroxylation is 1. The number of carbonyl (C=O) groups is 1. The lowest BCUT2D eigenvalue weighted by molar-refractivity contribution is -0.116. The van der Waals surface area contributed by atoms with Crippen LogP contribution in [0.1, 0.15) is 12.7 Å². The van der Waals surface area contributed by atoms with E-state index < -0.39 is 0 Å². The second kappa shape index (κ2) is 5.06. The van der Waals surface area contributed by atoms with Crippen LogP contribution >= 0.6 is 15.9 Å². The van der Waals surface area contributed by atoms with Gasteiger partial charge in [-0.1, -0.05) is 6.92 Å². The minimum Gasteiger partial charge on any atom is -0.368 e. The Morgan fingerprint density at radius 1 is 1.60 bits per heavy atom. The van der Waals surface area contributed by atoms with Gasteiger partial charge in [0, 0.05) is 19.5 Å². The number of nitrogens with two attached hydrogens (primary N) is 1. The number of nitrogens with zero attached hydrogens (tertiary/aromatic N) is 3. The molecule has 1 heterocycles. The number of halogens is 1. The molecule has 5 nitrogen and oxygen atoms in total. The van der Waals surface area contributed by atoms with Crippen molar-refractivity contribution >= 4 is 27.7 Å². The highest BCUT2D eigenvalue weighted by Crippen LogP contribution is 2.15. The standard InChI is InChI=1S/C9H13BrN4O/c1-3-8-12-6(10)4-9(13-8)14(2)5-7(11)15/h4H,3,5H2,1-2H3,(H2,11,15). The third kappa shape index (κ3) is 3.47. The second-order valence-electron chi connectivity index (χ2n) is 3.14. The summed E-state index contributed by atoms with van der Waals surface area (Å²) >= 11 is 3.29. The van der Waals surface area contributed by atoms with E-state index in [1.807, 2.05) is 6.92 Å². The van der Waals surface area contributed by atoms with Crippen LogP contribution in [0, 0.1) is 0 Å². The molecule has 0 aliphatic heterocycles. The zero-order chi connectivity index (χ0) is 11.4. The first-order chi connectivity index (χ1) is 7.02. The first-order valence-electron chi connectivity index (χ1n) is 4.55. The molecule has 0 fully saturated rings. The van der Waals surface area contributed by atoms with Gasteiger partial charge in [0.25, 0.3) is 0 Å². The molecule has 0 radical (unpaired) electrons. The van der Waals surface area contributed by atoms with Gasteiger partial charge in [0.1, 0.15) is 16.2 Å². The molecule has 0 aliphatic carbocycles. The molecule has 0 saturated heterocycles. The normalized spacial score (nSPS) is 10.1. The summed E-state index contributed by atoms with van der Waals surface area (Å²) < 4.78 is 0.709. The van der Waals surface area contributed by atoms with Crippen molar-refractivity contribution in [3.8, 4) is 0 Å². The summed E-state index contributed by atoms with van der Waals surface area (Å²) in [5.74, 6) is 1.04. The first kappa shape index (κ1) is 11.9. The molecular formula is C9H13BrN4O. The molecule has 0 atom stereocenters. The Balaban J connectivity index is 2.92. The number of hydrogen-bond donors (Lipinski definition) is 1. The summed E-state index contributed by atoms with van der Waals surface area (Å²) in [6.07, 6.45) is 0.747. The van der Waals surface area contributed by atoms with Crippen LogP contribution in [0.25, 0.3) is 0 Å². The smallest absolute Gasteiger partial charge is 0.236 e. The molecule has 0 aromatic carbocycles. The van der Waals surface area contributed by atoms with Gasteiger partial charge in [-0.05, 0) is 15.9 Å². The van der Waals surface area contributed by atoms with Gasteiger partial charge in [0.2, 0.25) is 5.91 Å². The number of primary amides is 1. The van der Waals surface area contributed by atoms with Crippen molar-refractivity contribution < 1.29 is 4.79 Å². The van der Waals surface area contributed by atoms with Crippen LogP contribution in [0.15, 0.2) is 10.7 Å². The maximum absolute atomic E-state index is 10.7. The number of amides is 1. The minimum absolute atomic E-state index is 0.145. The monoisotopic (exact) mass is 272 g/mol. The fourth-order valence-electron chi connectivity index (χ4n) is 1.12. The summed E-state index contributed by atoms with van der Waals surface area (Å²) in [7, 11) is 1.76. The van der Waals surface area contributed by atoms with Gasteiger partial charge in [-0.2, -0.15) is 0 Å². The summed E-state index contributed by atoms with van der Waals surface area (Å²) in [4.78, 5) is 20.9. The highest BCUT2D eigenvalue weighted by Gasteiger charge is 2.08. The molecule has 0 saturated carbocycles. The molecule has 1 amide bonds. The zero-order valence-electron chi connectivity index (χ0n) is 8.70. The summed E-state index contributed by atoms with van der Waals surface area (Å²) in [6, 6.07) is 1.75. The van der Waals surface area contributed by atoms with Gasteiger partial charge in [-0.25, -0.2) is 9.97 Å². The van der Waals surface area contributed by atoms with Gasteiger partial charge in [-0.15, -0.1) is 0 Å². The van der Waals surface area contributed by atoms with Crippen molar-refractivity contribution in [2.24, 2.45) is 5.73 Å². The summed E-state index contributed by atoms with van der Waals surface area (Å²) in [6.45, 7) is 2.12. The topological polar surface area (TPSA) is 72.1 Å². The Labute approximate surface area is 96.8 Å². The van der Waals surface area contributed by atoms with E-state index in [-0.39, 0.29) is 12.5 Å². The molecule has 1 rings (SSSR count). The van der Waals surface area contributed by atoms with Crippen LogP contribution in [0.3, 0.4) is 0 Å². The highest BCUT2D eigenvalue weighted by atomic mass is 79.9. The van der Waals surface area contributed by atoms with Crippen molar-refractivity contribution in [2.45, 2.75) is 13.3 Å². The number of hydrogen-bond acceptors (Lipinski definition) is 4. The molecule has 2 N–H and O–H groups in total. The van der Waals surface area contributed by atoms with Gasteiger partial charge >= 0.3 is 0 Å². The maximum Gasteiger partial charge on any atom is 0.236 e. The van der Waals surface area contributed by atoms with Crippen molar-refractivity contribution in [1.82, 2.24) is 9.97 Å². The van der Waals surface area contributed by atoms with Gasteiger partial charge in [0.15, 0.2) is 0 Å². The van der Waals surface area contributed by atoms with Crippen LogP contribution in [-0.4, -0.2) is 29.5 Å². The third-order valence-electron chi connectivity index (χ3n) is 1.83. The van der Waals surface area contributed by atoms with Crippen LogP contribution in [0.5, 0.6) is 0 Å². The number of carbonyl (C=O) groups excluding carboxylic acids is 1. The van der Waals surface area contributed by atoms with Crippen LogP contribution in [-0.2, 0) is 11.2 Å². The van der Waals surface area contributed by atoms with E-state index in [1.165, 1.54) is 0 Å². The Morgan fingerprint density at radius 3 is 2.80 bits per heavy atom. The molecule has 0 bridgehead atoms. The number of rotatable bonds is 4. The average molecular weight is 273 g/mol. The maximum atomic E-state index is 10.7. The number of aromatic nitrogens is 2. The molecule has 15 heavy (non-hydrogen) atoms. The van der Waals surface area contributed by atoms with Gasteiger partial charge in [0.05, 0.1) is 6.54 Å². The Hall–Kier alpha value is -1.17. The third-order valence-corrected chi connectivity index (χ3v) is 2.23. The van der Waals surface area contributed by atoms with Gasteiger partial charge in [-0.3, -0.25) is 4.79 Å². The van der Waals surface area contributed by atoms with Crippen molar-refractivity contribution in [3.63, 3.8) is 0 Å². The van der Waals surface area contributed by atoms with Crippen molar-refractivity contribution in [2.75, 3.05) is 18.5 Å². The molecule has 82 valence electrons. The average Bonchev–Trinajstić information content (AvgIpc) is 2.15. The molecule has 0 spiro atoms. The first-order valence-corrected chi connectivity index (χ1v) is 5.35. The molecule has 1 aromatic rings. The molecule has 6 heteroatoms. The molecule has 0 aliphatic rings. The fourth-order valence-corrected chi connectivity index (χ4v) is 1.53. The lowest BCUT2D eigenvalue weighted by atomic mass is 10.4. The van der Waals surface area contributed by atoms with E-state index in [0.29, 0.717) is 10.4 Å². The van der Waals surface area contributed by atoms with E-state index >= 15 is 0 Å². The Kier molecular flexibility index (Phi) is 4.02. The van der Waals surface area contributed by atoms with E-state index in [1.54, 1.807) is 18.0 Å². The quantitative estimate of drug-likeness (QED) is 0.820. The molecule has 1 aromatic heterocycles. The number of likely N-dealkylation sites (N-methyl/N-ethyl adjacent to an activating group) is 1. The number of anilines is 1. The zero-order valence-corrected chi connectivity index (χ0v) is 10.3. The summed E-state index contributed by atoms with van der Waals surface area (Å²) in [5.41, 5.74) is 5.10. The molecule has 0 unspecified atom stereocenters. The predicted octanol–water partition coefficient (Wildman–Crippen LogP) is 0.723.